The maximum atomic E-state index is 13.6. The van der Waals surface area contributed by atoms with Crippen LogP contribution >= 0.6 is 0 Å². The van der Waals surface area contributed by atoms with Crippen molar-refractivity contribution in [3.8, 4) is 0 Å². The first kappa shape index (κ1) is 13.5. The lowest BCUT2D eigenvalue weighted by atomic mass is 9.93. The number of benzene rings is 2. The van der Waals surface area contributed by atoms with Crippen LogP contribution in [0.2, 0.25) is 0 Å². The largest absolute Gasteiger partial charge is 0.356 e. The summed E-state index contributed by atoms with van der Waals surface area (Å²) in [5.74, 6) is -0.186. The van der Waals surface area contributed by atoms with Gasteiger partial charge in [-0.05, 0) is 55.2 Å². The van der Waals surface area contributed by atoms with E-state index >= 15 is 0 Å². The maximum absolute atomic E-state index is 13.6. The van der Waals surface area contributed by atoms with Gasteiger partial charge in [0, 0.05) is 23.1 Å². The van der Waals surface area contributed by atoms with Crippen LogP contribution in [0.15, 0.2) is 36.4 Å². The third-order valence-electron chi connectivity index (χ3n) is 4.58. The zero-order chi connectivity index (χ0) is 15.3. The molecule has 0 saturated carbocycles. The van der Waals surface area contributed by atoms with Gasteiger partial charge in [0.2, 0.25) is 0 Å². The van der Waals surface area contributed by atoms with Gasteiger partial charge in [-0.25, -0.2) is 4.39 Å². The number of hydrogen-bond acceptors (Lipinski definition) is 1. The van der Waals surface area contributed by atoms with Crippen molar-refractivity contribution >= 4 is 10.9 Å². The highest BCUT2D eigenvalue weighted by Crippen LogP contribution is 2.35. The number of halogens is 1. The van der Waals surface area contributed by atoms with E-state index in [1.165, 1.54) is 39.4 Å². The van der Waals surface area contributed by atoms with Crippen molar-refractivity contribution in [3.05, 3.63) is 70.2 Å². The van der Waals surface area contributed by atoms with E-state index in [-0.39, 0.29) is 11.9 Å². The van der Waals surface area contributed by atoms with Crippen LogP contribution in [0.25, 0.3) is 10.9 Å². The Bertz CT molecular complexity index is 863. The van der Waals surface area contributed by atoms with Gasteiger partial charge in [-0.1, -0.05) is 23.8 Å². The highest BCUT2D eigenvalue weighted by molar-refractivity contribution is 5.88. The number of hydrogen-bond donors (Lipinski definition) is 2. The number of nitrogens with one attached hydrogen (secondary N) is 2. The summed E-state index contributed by atoms with van der Waals surface area (Å²) in [4.78, 5) is 3.59. The van der Waals surface area contributed by atoms with Gasteiger partial charge < -0.3 is 10.3 Å². The summed E-state index contributed by atoms with van der Waals surface area (Å²) in [7, 11) is 0. The molecule has 4 rings (SSSR count). The van der Waals surface area contributed by atoms with Gasteiger partial charge in [-0.15, -0.1) is 0 Å². The third-order valence-corrected chi connectivity index (χ3v) is 4.58. The number of aromatic nitrogens is 1. The number of fused-ring (bicyclic) bond motifs is 3. The van der Waals surface area contributed by atoms with E-state index in [0.717, 1.165) is 18.5 Å². The van der Waals surface area contributed by atoms with E-state index in [1.54, 1.807) is 12.1 Å². The summed E-state index contributed by atoms with van der Waals surface area (Å²) >= 11 is 0. The van der Waals surface area contributed by atoms with E-state index < -0.39 is 0 Å². The van der Waals surface area contributed by atoms with Crippen molar-refractivity contribution in [2.24, 2.45) is 0 Å². The van der Waals surface area contributed by atoms with Gasteiger partial charge in [0.25, 0.3) is 0 Å². The Labute approximate surface area is 129 Å². The average molecular weight is 294 g/mol. The van der Waals surface area contributed by atoms with E-state index in [4.69, 9.17) is 0 Å². The molecule has 22 heavy (non-hydrogen) atoms. The van der Waals surface area contributed by atoms with Crippen molar-refractivity contribution in [2.75, 3.05) is 6.54 Å². The Morgan fingerprint density at radius 1 is 1.14 bits per heavy atom. The maximum Gasteiger partial charge on any atom is 0.123 e. The van der Waals surface area contributed by atoms with Crippen LogP contribution in [-0.2, 0) is 6.42 Å². The first-order valence-corrected chi connectivity index (χ1v) is 7.74. The predicted molar refractivity (Wildman–Crippen MR) is 87.7 cm³/mol. The Hall–Kier alpha value is -2.13. The lowest BCUT2D eigenvalue weighted by Gasteiger charge is -2.24. The standard InChI is InChI=1S/C19H19FN2/c1-11-8-12(2)17-16(9-11)15-6-7-21-18(19(15)22-17)13-4-3-5-14(20)10-13/h3-5,8-10,18,21-22H,6-7H2,1-2H3. The molecule has 2 aromatic carbocycles. The smallest absolute Gasteiger partial charge is 0.123 e. The molecule has 0 spiro atoms. The van der Waals surface area contributed by atoms with Crippen LogP contribution in [0.1, 0.15) is 34.0 Å². The zero-order valence-electron chi connectivity index (χ0n) is 12.8. The van der Waals surface area contributed by atoms with Crippen LogP contribution < -0.4 is 5.32 Å². The van der Waals surface area contributed by atoms with Crippen molar-refractivity contribution < 1.29 is 4.39 Å². The van der Waals surface area contributed by atoms with Crippen molar-refractivity contribution in [2.45, 2.75) is 26.3 Å². The molecule has 0 fully saturated rings. The van der Waals surface area contributed by atoms with E-state index in [1.807, 2.05) is 6.07 Å². The molecular weight excluding hydrogens is 275 g/mol. The number of H-pyrrole nitrogens is 1. The quantitative estimate of drug-likeness (QED) is 0.693. The summed E-state index contributed by atoms with van der Waals surface area (Å²) in [5.41, 5.74) is 7.29. The normalized spacial score (nSPS) is 17.7. The Morgan fingerprint density at radius 2 is 2.00 bits per heavy atom. The van der Waals surface area contributed by atoms with Crippen LogP contribution in [0.3, 0.4) is 0 Å². The van der Waals surface area contributed by atoms with Gasteiger partial charge in [-0.2, -0.15) is 0 Å². The third kappa shape index (κ3) is 2.04. The fourth-order valence-corrected chi connectivity index (χ4v) is 3.66. The minimum atomic E-state index is -0.186. The van der Waals surface area contributed by atoms with Crippen LogP contribution in [0, 0.1) is 19.7 Å². The second-order valence-corrected chi connectivity index (χ2v) is 6.21. The van der Waals surface area contributed by atoms with Gasteiger partial charge in [0.15, 0.2) is 0 Å². The molecule has 2 heterocycles. The number of aryl methyl sites for hydroxylation is 2. The van der Waals surface area contributed by atoms with Crippen molar-refractivity contribution in [3.63, 3.8) is 0 Å². The van der Waals surface area contributed by atoms with E-state index in [2.05, 4.69) is 36.3 Å². The minimum absolute atomic E-state index is 0.0338. The summed E-state index contributed by atoms with van der Waals surface area (Å²) in [6, 6.07) is 11.4. The molecule has 1 aromatic heterocycles. The van der Waals surface area contributed by atoms with Gasteiger partial charge >= 0.3 is 0 Å². The molecule has 0 bridgehead atoms. The van der Waals surface area contributed by atoms with E-state index in [9.17, 15) is 4.39 Å². The minimum Gasteiger partial charge on any atom is -0.356 e. The number of rotatable bonds is 1. The summed E-state index contributed by atoms with van der Waals surface area (Å²) < 4.78 is 13.6. The SMILES string of the molecule is Cc1cc(C)c2[nH]c3c(c2c1)CCNC3c1cccc(F)c1. The summed E-state index contributed by atoms with van der Waals surface area (Å²) in [5, 5.41) is 4.83. The molecule has 1 unspecified atom stereocenters. The molecule has 0 amide bonds. The monoisotopic (exact) mass is 294 g/mol. The predicted octanol–water partition coefficient (Wildman–Crippen LogP) is 4.16. The lowest BCUT2D eigenvalue weighted by molar-refractivity contribution is 0.553. The summed E-state index contributed by atoms with van der Waals surface area (Å²) in [6.07, 6.45) is 1.00. The van der Waals surface area contributed by atoms with Crippen LogP contribution in [-0.4, -0.2) is 11.5 Å². The average Bonchev–Trinajstić information content (AvgIpc) is 2.86. The van der Waals surface area contributed by atoms with Gasteiger partial charge in [0.05, 0.1) is 6.04 Å². The Kier molecular flexibility index (Phi) is 3.05. The zero-order valence-corrected chi connectivity index (χ0v) is 12.8. The molecule has 2 nitrogen and oxygen atoms in total. The Balaban J connectivity index is 1.93. The molecular formula is C19H19FN2. The molecule has 1 aliphatic rings. The lowest BCUT2D eigenvalue weighted by Crippen LogP contribution is -2.30. The van der Waals surface area contributed by atoms with Crippen molar-refractivity contribution in [1.29, 1.82) is 0 Å². The highest BCUT2D eigenvalue weighted by Gasteiger charge is 2.25. The van der Waals surface area contributed by atoms with Crippen LogP contribution in [0.4, 0.5) is 4.39 Å². The fourth-order valence-electron chi connectivity index (χ4n) is 3.66. The first-order valence-electron chi connectivity index (χ1n) is 7.74. The molecule has 0 saturated heterocycles. The molecule has 0 radical (unpaired) electrons. The molecule has 2 N–H and O–H groups in total. The van der Waals surface area contributed by atoms with Crippen molar-refractivity contribution in [1.82, 2.24) is 10.3 Å². The second kappa shape index (κ2) is 4.96. The molecule has 112 valence electrons. The molecule has 0 aliphatic carbocycles. The topological polar surface area (TPSA) is 27.8 Å². The van der Waals surface area contributed by atoms with E-state index in [0.29, 0.717) is 0 Å². The second-order valence-electron chi connectivity index (χ2n) is 6.21. The molecule has 1 aliphatic heterocycles. The highest BCUT2D eigenvalue weighted by atomic mass is 19.1. The van der Waals surface area contributed by atoms with Gasteiger partial charge in [0.1, 0.15) is 5.82 Å². The number of aromatic amines is 1. The molecule has 3 heteroatoms. The Morgan fingerprint density at radius 3 is 2.82 bits per heavy atom. The van der Waals surface area contributed by atoms with Crippen LogP contribution in [0.5, 0.6) is 0 Å². The fraction of sp³-hybridized carbons (Fsp3) is 0.263. The summed E-state index contributed by atoms with van der Waals surface area (Å²) in [6.45, 7) is 5.19. The molecule has 1 atom stereocenters. The molecule has 3 aromatic rings. The first-order chi connectivity index (χ1) is 10.6. The van der Waals surface area contributed by atoms with Gasteiger partial charge in [-0.3, -0.25) is 0 Å².